The molecule has 7 nitrogen and oxygen atoms in total. The number of aliphatic hydroxyl groups is 2. The van der Waals surface area contributed by atoms with Crippen LogP contribution in [0.5, 0.6) is 0 Å². The third-order valence-corrected chi connectivity index (χ3v) is 3.36. The molecule has 0 saturated carbocycles. The number of rotatable bonds is 3. The van der Waals surface area contributed by atoms with E-state index in [1.807, 2.05) is 0 Å². The number of nitrogens with one attached hydrogen (secondary N) is 1. The van der Waals surface area contributed by atoms with Gasteiger partial charge in [0.05, 0.1) is 12.7 Å². The van der Waals surface area contributed by atoms with Gasteiger partial charge < -0.3 is 14.9 Å². The monoisotopic (exact) mass is 346 g/mol. The van der Waals surface area contributed by atoms with Crippen LogP contribution < -0.4 is 11.2 Å². The van der Waals surface area contributed by atoms with Gasteiger partial charge in [0.2, 0.25) is 0 Å². The number of H-pyrrole nitrogens is 1. The quantitative estimate of drug-likeness (QED) is 0.660. The van der Waals surface area contributed by atoms with Crippen LogP contribution in [-0.4, -0.2) is 44.8 Å². The molecule has 1 fully saturated rings. The predicted octanol–water partition coefficient (Wildman–Crippen LogP) is -0.169. The van der Waals surface area contributed by atoms with E-state index in [9.17, 15) is 36.6 Å². The molecule has 1 aliphatic rings. The van der Waals surface area contributed by atoms with Gasteiger partial charge in [-0.05, 0) is 0 Å². The van der Waals surface area contributed by atoms with Crippen molar-refractivity contribution < 1.29 is 36.9 Å². The van der Waals surface area contributed by atoms with Gasteiger partial charge in [0, 0.05) is 12.6 Å². The van der Waals surface area contributed by atoms with Gasteiger partial charge in [-0.15, -0.1) is 0 Å². The van der Waals surface area contributed by atoms with E-state index in [0.717, 1.165) is 0 Å². The maximum Gasteiger partial charge on any atom is 0.458 e. The van der Waals surface area contributed by atoms with Crippen molar-refractivity contribution in [2.45, 2.75) is 37.0 Å². The Morgan fingerprint density at radius 1 is 1.30 bits per heavy atom. The van der Waals surface area contributed by atoms with Crippen molar-refractivity contribution in [3.8, 4) is 0 Å². The lowest BCUT2D eigenvalue weighted by molar-refractivity contribution is -0.290. The minimum atomic E-state index is -6.04. The molecule has 2 rings (SSSR count). The number of alkyl halides is 5. The summed E-state index contributed by atoms with van der Waals surface area (Å²) in [5.41, 5.74) is -5.14. The first-order valence-electron chi connectivity index (χ1n) is 6.24. The fraction of sp³-hybridized carbons (Fsp3) is 0.636. The molecule has 1 aromatic heterocycles. The molecule has 3 atom stereocenters. The summed E-state index contributed by atoms with van der Waals surface area (Å²) in [4.78, 5) is 24.3. The number of aromatic nitrogens is 2. The van der Waals surface area contributed by atoms with Crippen molar-refractivity contribution >= 4 is 0 Å². The van der Waals surface area contributed by atoms with Crippen LogP contribution in [0.3, 0.4) is 0 Å². The Labute approximate surface area is 123 Å². The van der Waals surface area contributed by atoms with E-state index in [4.69, 9.17) is 9.84 Å². The highest BCUT2D eigenvalue weighted by molar-refractivity contribution is 5.15. The lowest BCUT2D eigenvalue weighted by atomic mass is 10.1. The molecule has 0 spiro atoms. The lowest BCUT2D eigenvalue weighted by Crippen LogP contribution is -2.43. The number of hydrogen-bond acceptors (Lipinski definition) is 5. The van der Waals surface area contributed by atoms with Crippen LogP contribution in [0.25, 0.3) is 0 Å². The number of ether oxygens (including phenoxy) is 1. The summed E-state index contributed by atoms with van der Waals surface area (Å²) in [6, 6.07) is 0. The van der Waals surface area contributed by atoms with Gasteiger partial charge in [0.25, 0.3) is 5.56 Å². The van der Waals surface area contributed by atoms with Crippen molar-refractivity contribution in [1.82, 2.24) is 9.55 Å². The lowest BCUT2D eigenvalue weighted by Gasteiger charge is -2.21. The van der Waals surface area contributed by atoms with Crippen LogP contribution in [0.2, 0.25) is 0 Å². The van der Waals surface area contributed by atoms with Gasteiger partial charge in [-0.1, -0.05) is 0 Å². The number of hydrogen-bond donors (Lipinski definition) is 3. The number of nitrogens with zero attached hydrogens (tertiary/aromatic N) is 1. The van der Waals surface area contributed by atoms with Crippen LogP contribution >= 0.6 is 0 Å². The largest absolute Gasteiger partial charge is 0.458 e. The van der Waals surface area contributed by atoms with Gasteiger partial charge in [-0.25, -0.2) is 4.79 Å². The standard InChI is InChI=1S/C11H11F5N2O5/c12-10(13,11(14,15)16)4-2-18(9(22)17-8(4)21)7-1-5(20)6(3-19)23-7/h2,5-7,19-20H,1,3H2,(H,17,21,22)/t5-,6-,7?/m1/s1. The summed E-state index contributed by atoms with van der Waals surface area (Å²) in [5, 5.41) is 18.4. The Morgan fingerprint density at radius 3 is 2.39 bits per heavy atom. The molecule has 130 valence electrons. The van der Waals surface area contributed by atoms with Crippen LogP contribution in [0.15, 0.2) is 15.8 Å². The highest BCUT2D eigenvalue weighted by atomic mass is 19.4. The van der Waals surface area contributed by atoms with Gasteiger partial charge in [-0.3, -0.25) is 14.3 Å². The third-order valence-electron chi connectivity index (χ3n) is 3.36. The SMILES string of the molecule is O=c1[nH]c(=O)n(C2C[C@@H](O)[C@@H](CO)O2)cc1C(F)(F)C(F)(F)F. The average Bonchev–Trinajstić information content (AvgIpc) is 2.78. The fourth-order valence-corrected chi connectivity index (χ4v) is 2.13. The van der Waals surface area contributed by atoms with Crippen LogP contribution in [-0.2, 0) is 10.7 Å². The predicted molar refractivity (Wildman–Crippen MR) is 62.9 cm³/mol. The molecule has 0 aromatic carbocycles. The Bertz CT molecular complexity index is 697. The van der Waals surface area contributed by atoms with Crippen LogP contribution in [0.4, 0.5) is 22.0 Å². The second-order valence-corrected chi connectivity index (χ2v) is 4.90. The zero-order valence-corrected chi connectivity index (χ0v) is 11.2. The molecule has 0 bridgehead atoms. The first kappa shape index (κ1) is 17.6. The first-order valence-corrected chi connectivity index (χ1v) is 6.24. The highest BCUT2D eigenvalue weighted by Crippen LogP contribution is 2.42. The van der Waals surface area contributed by atoms with Crippen molar-refractivity contribution in [2.24, 2.45) is 0 Å². The van der Waals surface area contributed by atoms with E-state index < -0.39 is 54.0 Å². The Kier molecular flexibility index (Phi) is 4.34. The molecule has 2 heterocycles. The summed E-state index contributed by atoms with van der Waals surface area (Å²) < 4.78 is 69.2. The van der Waals surface area contributed by atoms with Crippen LogP contribution in [0, 0.1) is 0 Å². The highest BCUT2D eigenvalue weighted by Gasteiger charge is 2.60. The van der Waals surface area contributed by atoms with Gasteiger partial charge >= 0.3 is 17.8 Å². The normalized spacial score (nSPS) is 25.8. The minimum absolute atomic E-state index is 0.0474. The molecule has 23 heavy (non-hydrogen) atoms. The number of aromatic amines is 1. The Balaban J connectivity index is 2.51. The summed E-state index contributed by atoms with van der Waals surface area (Å²) >= 11 is 0. The molecule has 1 aliphatic heterocycles. The molecular formula is C11H11F5N2O5. The summed E-state index contributed by atoms with van der Waals surface area (Å²) in [7, 11) is 0. The van der Waals surface area contributed by atoms with E-state index in [0.29, 0.717) is 4.57 Å². The second-order valence-electron chi connectivity index (χ2n) is 4.90. The molecule has 12 heteroatoms. The van der Waals surface area contributed by atoms with Crippen molar-refractivity contribution in [3.63, 3.8) is 0 Å². The molecule has 1 unspecified atom stereocenters. The zero-order chi connectivity index (χ0) is 17.6. The Hall–Kier alpha value is -1.79. The zero-order valence-electron chi connectivity index (χ0n) is 11.2. The van der Waals surface area contributed by atoms with E-state index in [2.05, 4.69) is 0 Å². The van der Waals surface area contributed by atoms with Crippen molar-refractivity contribution in [1.29, 1.82) is 0 Å². The van der Waals surface area contributed by atoms with Gasteiger partial charge in [0.15, 0.2) is 0 Å². The summed E-state index contributed by atoms with van der Waals surface area (Å²) in [6.07, 6.45) is -10.1. The minimum Gasteiger partial charge on any atom is -0.394 e. The summed E-state index contributed by atoms with van der Waals surface area (Å²) in [5.74, 6) is -5.48. The molecule has 1 saturated heterocycles. The second kappa shape index (κ2) is 5.69. The van der Waals surface area contributed by atoms with E-state index in [1.54, 1.807) is 0 Å². The third kappa shape index (κ3) is 3.01. The maximum absolute atomic E-state index is 13.4. The average molecular weight is 346 g/mol. The molecule has 0 aliphatic carbocycles. The van der Waals surface area contributed by atoms with Crippen LogP contribution in [0.1, 0.15) is 18.2 Å². The maximum atomic E-state index is 13.4. The number of aliphatic hydroxyl groups excluding tert-OH is 2. The van der Waals surface area contributed by atoms with Crippen molar-refractivity contribution in [3.05, 3.63) is 32.6 Å². The molecule has 1 aromatic rings. The molecule has 3 N–H and O–H groups in total. The smallest absolute Gasteiger partial charge is 0.394 e. The molecule has 0 radical (unpaired) electrons. The fourth-order valence-electron chi connectivity index (χ4n) is 2.13. The molecular weight excluding hydrogens is 335 g/mol. The number of halogens is 5. The van der Waals surface area contributed by atoms with Gasteiger partial charge in [-0.2, -0.15) is 22.0 Å². The first-order chi connectivity index (χ1) is 10.5. The molecule has 0 amide bonds. The van der Waals surface area contributed by atoms with E-state index in [1.165, 1.54) is 4.98 Å². The topological polar surface area (TPSA) is 105 Å². The Morgan fingerprint density at radius 2 is 1.91 bits per heavy atom. The van der Waals surface area contributed by atoms with Gasteiger partial charge in [0.1, 0.15) is 17.9 Å². The van der Waals surface area contributed by atoms with Crippen molar-refractivity contribution in [2.75, 3.05) is 6.61 Å². The van der Waals surface area contributed by atoms with E-state index in [-0.39, 0.29) is 12.6 Å². The van der Waals surface area contributed by atoms with E-state index >= 15 is 0 Å². The summed E-state index contributed by atoms with van der Waals surface area (Å²) in [6.45, 7) is -0.651.